The zero-order valence-corrected chi connectivity index (χ0v) is 15.0. The van der Waals surface area contributed by atoms with Gasteiger partial charge in [0.2, 0.25) is 11.8 Å². The SMILES string of the molecule is C=CC(=O)N(C)c1ccc(C(=O)N2CCC3(CCC(F)(F)CC3)C2)cc1. The van der Waals surface area contributed by atoms with Gasteiger partial charge in [-0.3, -0.25) is 9.59 Å². The molecular formula is C20H24F2N2O2. The molecule has 140 valence electrons. The topological polar surface area (TPSA) is 40.6 Å². The molecule has 1 saturated carbocycles. The Morgan fingerprint density at radius 2 is 1.73 bits per heavy atom. The number of nitrogens with zero attached hydrogens (tertiary/aromatic N) is 2. The van der Waals surface area contributed by atoms with Gasteiger partial charge in [0.25, 0.3) is 5.91 Å². The van der Waals surface area contributed by atoms with Crippen LogP contribution >= 0.6 is 0 Å². The van der Waals surface area contributed by atoms with Gasteiger partial charge in [0.15, 0.2) is 0 Å². The van der Waals surface area contributed by atoms with Crippen LogP contribution in [0.3, 0.4) is 0 Å². The van der Waals surface area contributed by atoms with Crippen LogP contribution in [0, 0.1) is 5.41 Å². The van der Waals surface area contributed by atoms with Crippen molar-refractivity contribution in [1.82, 2.24) is 4.90 Å². The van der Waals surface area contributed by atoms with E-state index in [-0.39, 0.29) is 30.1 Å². The van der Waals surface area contributed by atoms with Crippen LogP contribution in [-0.2, 0) is 4.79 Å². The van der Waals surface area contributed by atoms with Crippen LogP contribution < -0.4 is 4.90 Å². The Labute approximate surface area is 152 Å². The van der Waals surface area contributed by atoms with Gasteiger partial charge in [-0.25, -0.2) is 8.78 Å². The molecule has 2 fully saturated rings. The molecule has 0 atom stereocenters. The van der Waals surface area contributed by atoms with Crippen LogP contribution in [0.5, 0.6) is 0 Å². The van der Waals surface area contributed by atoms with E-state index in [2.05, 4.69) is 6.58 Å². The Morgan fingerprint density at radius 1 is 1.12 bits per heavy atom. The van der Waals surface area contributed by atoms with Crippen molar-refractivity contribution in [1.29, 1.82) is 0 Å². The van der Waals surface area contributed by atoms with Crippen molar-refractivity contribution in [2.24, 2.45) is 5.41 Å². The fourth-order valence-electron chi connectivity index (χ4n) is 3.94. The third kappa shape index (κ3) is 3.64. The molecular weight excluding hydrogens is 338 g/mol. The number of carbonyl (C=O) groups excluding carboxylic acids is 2. The lowest BCUT2D eigenvalue weighted by Gasteiger charge is -2.37. The lowest BCUT2D eigenvalue weighted by atomic mass is 9.72. The number of hydrogen-bond acceptors (Lipinski definition) is 2. The molecule has 0 bridgehead atoms. The number of carbonyl (C=O) groups is 2. The van der Waals surface area contributed by atoms with Crippen molar-refractivity contribution >= 4 is 17.5 Å². The van der Waals surface area contributed by atoms with E-state index in [1.807, 2.05) is 0 Å². The molecule has 4 nitrogen and oxygen atoms in total. The number of amides is 2. The van der Waals surface area contributed by atoms with Crippen molar-refractivity contribution in [2.45, 2.75) is 38.0 Å². The molecule has 1 heterocycles. The van der Waals surface area contributed by atoms with E-state index in [0.717, 1.165) is 6.42 Å². The van der Waals surface area contributed by atoms with E-state index >= 15 is 0 Å². The Kier molecular flexibility index (Phi) is 4.86. The summed E-state index contributed by atoms with van der Waals surface area (Å²) in [6.07, 6.45) is 2.84. The quantitative estimate of drug-likeness (QED) is 0.766. The predicted molar refractivity (Wildman–Crippen MR) is 96.4 cm³/mol. The van der Waals surface area contributed by atoms with E-state index in [9.17, 15) is 18.4 Å². The fourth-order valence-corrected chi connectivity index (χ4v) is 3.94. The fraction of sp³-hybridized carbons (Fsp3) is 0.500. The van der Waals surface area contributed by atoms with Gasteiger partial charge in [-0.1, -0.05) is 6.58 Å². The number of benzene rings is 1. The Bertz CT molecular complexity index is 705. The lowest BCUT2D eigenvalue weighted by Crippen LogP contribution is -2.37. The van der Waals surface area contributed by atoms with E-state index in [4.69, 9.17) is 0 Å². The summed E-state index contributed by atoms with van der Waals surface area (Å²) < 4.78 is 26.9. The molecule has 2 aliphatic rings. The maximum atomic E-state index is 13.4. The second-order valence-corrected chi connectivity index (χ2v) is 7.48. The third-order valence-electron chi connectivity index (χ3n) is 5.77. The molecule has 0 unspecified atom stereocenters. The van der Waals surface area contributed by atoms with Crippen LogP contribution in [0.1, 0.15) is 42.5 Å². The molecule has 3 rings (SSSR count). The number of alkyl halides is 2. The standard InChI is InChI=1S/C20H24F2N2O2/c1-3-17(25)23(2)16-6-4-15(5-7-16)18(26)24-13-12-19(14-24)8-10-20(21,22)11-9-19/h3-7H,1,8-14H2,2H3. The molecule has 0 aromatic heterocycles. The van der Waals surface area contributed by atoms with Crippen LogP contribution in [-0.4, -0.2) is 42.8 Å². The largest absolute Gasteiger partial charge is 0.338 e. The van der Waals surface area contributed by atoms with Crippen LogP contribution in [0.25, 0.3) is 0 Å². The maximum Gasteiger partial charge on any atom is 0.253 e. The summed E-state index contributed by atoms with van der Waals surface area (Å²) in [7, 11) is 1.64. The number of halogens is 2. The van der Waals surface area contributed by atoms with Crippen LogP contribution in [0.4, 0.5) is 14.5 Å². The first-order chi connectivity index (χ1) is 12.3. The van der Waals surface area contributed by atoms with Gasteiger partial charge in [-0.05, 0) is 55.0 Å². The summed E-state index contributed by atoms with van der Waals surface area (Å²) >= 11 is 0. The maximum absolute atomic E-state index is 13.4. The minimum atomic E-state index is -2.55. The van der Waals surface area contributed by atoms with E-state index in [1.54, 1.807) is 36.2 Å². The molecule has 26 heavy (non-hydrogen) atoms. The summed E-state index contributed by atoms with van der Waals surface area (Å²) in [5.74, 6) is -2.85. The molecule has 1 aromatic rings. The zero-order valence-electron chi connectivity index (χ0n) is 15.0. The molecule has 1 aliphatic carbocycles. The summed E-state index contributed by atoms with van der Waals surface area (Å²) in [5, 5.41) is 0. The second-order valence-electron chi connectivity index (χ2n) is 7.48. The highest BCUT2D eigenvalue weighted by Gasteiger charge is 2.47. The molecule has 1 aromatic carbocycles. The molecule has 6 heteroatoms. The van der Waals surface area contributed by atoms with E-state index < -0.39 is 5.92 Å². The van der Waals surface area contributed by atoms with Gasteiger partial charge in [0.1, 0.15) is 0 Å². The van der Waals surface area contributed by atoms with Crippen molar-refractivity contribution in [2.75, 3.05) is 25.0 Å². The lowest BCUT2D eigenvalue weighted by molar-refractivity contribution is -0.113. The minimum absolute atomic E-state index is 0.0760. The van der Waals surface area contributed by atoms with Gasteiger partial charge in [-0.15, -0.1) is 0 Å². The van der Waals surface area contributed by atoms with E-state index in [0.29, 0.717) is 37.2 Å². The van der Waals surface area contributed by atoms with Gasteiger partial charge in [0.05, 0.1) is 0 Å². The Balaban J connectivity index is 1.65. The molecule has 1 aliphatic heterocycles. The second kappa shape index (κ2) is 6.82. The summed E-state index contributed by atoms with van der Waals surface area (Å²) in [6, 6.07) is 6.85. The first kappa shape index (κ1) is 18.5. The highest BCUT2D eigenvalue weighted by molar-refractivity contribution is 6.01. The number of rotatable bonds is 3. The molecule has 1 spiro atoms. The zero-order chi connectivity index (χ0) is 18.9. The summed E-state index contributed by atoms with van der Waals surface area (Å²) in [4.78, 5) is 27.6. The highest BCUT2D eigenvalue weighted by Crippen LogP contribution is 2.48. The van der Waals surface area contributed by atoms with Crippen LogP contribution in [0.2, 0.25) is 0 Å². The predicted octanol–water partition coefficient (Wildman–Crippen LogP) is 3.88. The van der Waals surface area contributed by atoms with Gasteiger partial charge in [0, 0.05) is 44.2 Å². The number of anilines is 1. The minimum Gasteiger partial charge on any atom is -0.338 e. The molecule has 2 amide bonds. The number of likely N-dealkylation sites (tertiary alicyclic amines) is 1. The van der Waals surface area contributed by atoms with Crippen LogP contribution in [0.15, 0.2) is 36.9 Å². The normalized spacial score (nSPS) is 20.8. The Morgan fingerprint density at radius 3 is 2.31 bits per heavy atom. The highest BCUT2D eigenvalue weighted by atomic mass is 19.3. The van der Waals surface area contributed by atoms with Gasteiger partial charge < -0.3 is 9.80 Å². The number of hydrogen-bond donors (Lipinski definition) is 0. The van der Waals surface area contributed by atoms with Gasteiger partial charge in [-0.2, -0.15) is 0 Å². The molecule has 0 N–H and O–H groups in total. The smallest absolute Gasteiger partial charge is 0.253 e. The third-order valence-corrected chi connectivity index (χ3v) is 5.77. The molecule has 0 radical (unpaired) electrons. The summed E-state index contributed by atoms with van der Waals surface area (Å²) in [6.45, 7) is 4.62. The average molecular weight is 362 g/mol. The van der Waals surface area contributed by atoms with Crippen molar-refractivity contribution in [3.05, 3.63) is 42.5 Å². The van der Waals surface area contributed by atoms with Crippen molar-refractivity contribution in [3.63, 3.8) is 0 Å². The summed E-state index contributed by atoms with van der Waals surface area (Å²) in [5.41, 5.74) is 1.08. The van der Waals surface area contributed by atoms with Gasteiger partial charge >= 0.3 is 0 Å². The first-order valence-corrected chi connectivity index (χ1v) is 8.93. The number of likely N-dealkylation sites (N-methyl/N-ethyl adjacent to an activating group) is 1. The van der Waals surface area contributed by atoms with E-state index in [1.165, 1.54) is 11.0 Å². The average Bonchev–Trinajstić information content (AvgIpc) is 3.07. The first-order valence-electron chi connectivity index (χ1n) is 8.93. The molecule has 1 saturated heterocycles. The monoisotopic (exact) mass is 362 g/mol. The van der Waals surface area contributed by atoms with Crippen molar-refractivity contribution < 1.29 is 18.4 Å². The van der Waals surface area contributed by atoms with Crippen molar-refractivity contribution in [3.8, 4) is 0 Å². The Hall–Kier alpha value is -2.24.